The average Bonchev–Trinajstić information content (AvgIpc) is 2.40. The fourth-order valence-corrected chi connectivity index (χ4v) is 3.18. The minimum Gasteiger partial charge on any atom is -0.376 e. The Bertz CT molecular complexity index is 203. The SMILES string of the molecule is CCCC1CCC(NC)C(OCC(CC)CC)C1. The second-order valence-corrected chi connectivity index (χ2v) is 5.92. The first-order valence-corrected chi connectivity index (χ1v) is 8.03. The van der Waals surface area contributed by atoms with Crippen LogP contribution in [0.3, 0.4) is 0 Å². The van der Waals surface area contributed by atoms with Crippen molar-refractivity contribution < 1.29 is 4.74 Å². The Morgan fingerprint density at radius 1 is 1.17 bits per heavy atom. The molecule has 0 aromatic carbocycles. The molecule has 0 heterocycles. The highest BCUT2D eigenvalue weighted by molar-refractivity contribution is 4.85. The molecular formula is C16H33NO. The monoisotopic (exact) mass is 255 g/mol. The average molecular weight is 255 g/mol. The van der Waals surface area contributed by atoms with E-state index in [4.69, 9.17) is 4.74 Å². The van der Waals surface area contributed by atoms with Crippen LogP contribution in [-0.2, 0) is 4.74 Å². The van der Waals surface area contributed by atoms with Gasteiger partial charge in [0.05, 0.1) is 6.10 Å². The minimum absolute atomic E-state index is 0.445. The van der Waals surface area contributed by atoms with Gasteiger partial charge in [-0.15, -0.1) is 0 Å². The van der Waals surface area contributed by atoms with Crippen molar-refractivity contribution in [2.75, 3.05) is 13.7 Å². The molecule has 1 aliphatic carbocycles. The van der Waals surface area contributed by atoms with Gasteiger partial charge >= 0.3 is 0 Å². The quantitative estimate of drug-likeness (QED) is 0.708. The van der Waals surface area contributed by atoms with Crippen LogP contribution in [-0.4, -0.2) is 25.8 Å². The summed E-state index contributed by atoms with van der Waals surface area (Å²) < 4.78 is 6.24. The van der Waals surface area contributed by atoms with Gasteiger partial charge in [0.2, 0.25) is 0 Å². The van der Waals surface area contributed by atoms with E-state index in [0.717, 1.165) is 18.4 Å². The highest BCUT2D eigenvalue weighted by Gasteiger charge is 2.30. The molecule has 1 fully saturated rings. The molecule has 0 radical (unpaired) electrons. The van der Waals surface area contributed by atoms with Crippen molar-refractivity contribution in [3.05, 3.63) is 0 Å². The summed E-state index contributed by atoms with van der Waals surface area (Å²) in [5.74, 6) is 1.64. The van der Waals surface area contributed by atoms with E-state index in [1.165, 1.54) is 44.9 Å². The molecule has 1 saturated carbocycles. The first kappa shape index (κ1) is 16.0. The zero-order valence-electron chi connectivity index (χ0n) is 12.9. The Labute approximate surface area is 114 Å². The molecule has 0 aromatic rings. The summed E-state index contributed by atoms with van der Waals surface area (Å²) in [6, 6.07) is 0.576. The van der Waals surface area contributed by atoms with Crippen LogP contribution in [0.4, 0.5) is 0 Å². The summed E-state index contributed by atoms with van der Waals surface area (Å²) in [6.07, 6.45) is 9.55. The molecule has 0 aromatic heterocycles. The van der Waals surface area contributed by atoms with Crippen LogP contribution >= 0.6 is 0 Å². The maximum atomic E-state index is 6.24. The number of hydrogen-bond donors (Lipinski definition) is 1. The van der Waals surface area contributed by atoms with E-state index >= 15 is 0 Å². The molecule has 0 amide bonds. The number of rotatable bonds is 8. The van der Waals surface area contributed by atoms with Crippen LogP contribution in [0.15, 0.2) is 0 Å². The van der Waals surface area contributed by atoms with E-state index in [-0.39, 0.29) is 0 Å². The lowest BCUT2D eigenvalue weighted by Crippen LogP contribution is -2.44. The van der Waals surface area contributed by atoms with Gasteiger partial charge in [0.25, 0.3) is 0 Å². The molecule has 0 spiro atoms. The Kier molecular flexibility index (Phi) is 7.92. The van der Waals surface area contributed by atoms with Crippen LogP contribution in [0, 0.1) is 11.8 Å². The van der Waals surface area contributed by atoms with Crippen molar-refractivity contribution >= 4 is 0 Å². The lowest BCUT2D eigenvalue weighted by molar-refractivity contribution is -0.0259. The van der Waals surface area contributed by atoms with E-state index < -0.39 is 0 Å². The number of likely N-dealkylation sites (N-methyl/N-ethyl adjacent to an activating group) is 1. The summed E-state index contributed by atoms with van der Waals surface area (Å²) in [4.78, 5) is 0. The topological polar surface area (TPSA) is 21.3 Å². The number of hydrogen-bond acceptors (Lipinski definition) is 2. The standard InChI is InChI=1S/C16H33NO/c1-5-8-14-9-10-15(17-4)16(11-14)18-12-13(6-2)7-3/h13-17H,5-12H2,1-4H3. The van der Waals surface area contributed by atoms with Crippen molar-refractivity contribution in [2.45, 2.75) is 77.9 Å². The van der Waals surface area contributed by atoms with Crippen molar-refractivity contribution in [1.82, 2.24) is 5.32 Å². The summed E-state index contributed by atoms with van der Waals surface area (Å²) in [5.41, 5.74) is 0. The minimum atomic E-state index is 0.445. The zero-order chi connectivity index (χ0) is 13.4. The summed E-state index contributed by atoms with van der Waals surface area (Å²) >= 11 is 0. The first-order chi connectivity index (χ1) is 8.74. The first-order valence-electron chi connectivity index (χ1n) is 8.03. The largest absolute Gasteiger partial charge is 0.376 e. The maximum Gasteiger partial charge on any atom is 0.0730 e. The van der Waals surface area contributed by atoms with Crippen molar-refractivity contribution in [2.24, 2.45) is 11.8 Å². The third kappa shape index (κ3) is 4.89. The Morgan fingerprint density at radius 2 is 1.89 bits per heavy atom. The van der Waals surface area contributed by atoms with E-state index in [2.05, 4.69) is 33.1 Å². The molecule has 1 N–H and O–H groups in total. The van der Waals surface area contributed by atoms with Crippen molar-refractivity contribution in [3.8, 4) is 0 Å². The normalized spacial score (nSPS) is 28.8. The van der Waals surface area contributed by atoms with Gasteiger partial charge in [0, 0.05) is 12.6 Å². The third-order valence-electron chi connectivity index (χ3n) is 4.67. The smallest absolute Gasteiger partial charge is 0.0730 e. The van der Waals surface area contributed by atoms with Gasteiger partial charge in [0.1, 0.15) is 0 Å². The molecule has 0 aliphatic heterocycles. The predicted molar refractivity (Wildman–Crippen MR) is 78.9 cm³/mol. The Balaban J connectivity index is 2.41. The number of nitrogens with one attached hydrogen (secondary N) is 1. The fraction of sp³-hybridized carbons (Fsp3) is 1.00. The molecule has 18 heavy (non-hydrogen) atoms. The second-order valence-electron chi connectivity index (χ2n) is 5.92. The number of ether oxygens (including phenoxy) is 1. The molecule has 3 unspecified atom stereocenters. The molecule has 108 valence electrons. The maximum absolute atomic E-state index is 6.24. The van der Waals surface area contributed by atoms with Gasteiger partial charge in [0.15, 0.2) is 0 Å². The van der Waals surface area contributed by atoms with Crippen LogP contribution < -0.4 is 5.32 Å². The highest BCUT2D eigenvalue weighted by Crippen LogP contribution is 2.30. The van der Waals surface area contributed by atoms with Crippen molar-refractivity contribution in [3.63, 3.8) is 0 Å². The molecule has 3 atom stereocenters. The van der Waals surface area contributed by atoms with Crippen LogP contribution in [0.1, 0.15) is 65.7 Å². The second kappa shape index (κ2) is 8.92. The van der Waals surface area contributed by atoms with Gasteiger partial charge < -0.3 is 10.1 Å². The molecule has 0 saturated heterocycles. The predicted octanol–water partition coefficient (Wildman–Crippen LogP) is 4.00. The Hall–Kier alpha value is -0.0800. The lowest BCUT2D eigenvalue weighted by Gasteiger charge is -2.36. The van der Waals surface area contributed by atoms with E-state index in [9.17, 15) is 0 Å². The molecule has 1 aliphatic rings. The fourth-order valence-electron chi connectivity index (χ4n) is 3.18. The van der Waals surface area contributed by atoms with Crippen molar-refractivity contribution in [1.29, 1.82) is 0 Å². The molecule has 2 nitrogen and oxygen atoms in total. The summed E-state index contributed by atoms with van der Waals surface area (Å²) in [5, 5.41) is 3.45. The van der Waals surface area contributed by atoms with E-state index in [0.29, 0.717) is 12.1 Å². The van der Waals surface area contributed by atoms with Gasteiger partial charge in [-0.1, -0.05) is 46.5 Å². The summed E-state index contributed by atoms with van der Waals surface area (Å²) in [6.45, 7) is 7.79. The molecule has 2 heteroatoms. The summed E-state index contributed by atoms with van der Waals surface area (Å²) in [7, 11) is 2.08. The van der Waals surface area contributed by atoms with Crippen LogP contribution in [0.5, 0.6) is 0 Å². The van der Waals surface area contributed by atoms with Gasteiger partial charge in [-0.2, -0.15) is 0 Å². The van der Waals surface area contributed by atoms with Crippen LogP contribution in [0.2, 0.25) is 0 Å². The van der Waals surface area contributed by atoms with E-state index in [1.807, 2.05) is 0 Å². The highest BCUT2D eigenvalue weighted by atomic mass is 16.5. The van der Waals surface area contributed by atoms with Gasteiger partial charge in [-0.05, 0) is 38.1 Å². The van der Waals surface area contributed by atoms with Gasteiger partial charge in [-0.25, -0.2) is 0 Å². The molecule has 0 bridgehead atoms. The van der Waals surface area contributed by atoms with E-state index in [1.54, 1.807) is 0 Å². The van der Waals surface area contributed by atoms with Crippen LogP contribution in [0.25, 0.3) is 0 Å². The van der Waals surface area contributed by atoms with Gasteiger partial charge in [-0.3, -0.25) is 0 Å². The lowest BCUT2D eigenvalue weighted by atomic mass is 9.81. The molecular weight excluding hydrogens is 222 g/mol. The molecule has 1 rings (SSSR count). The third-order valence-corrected chi connectivity index (χ3v) is 4.67. The zero-order valence-corrected chi connectivity index (χ0v) is 12.9. The Morgan fingerprint density at radius 3 is 2.44 bits per heavy atom.